The molecular formula is C21H24N2O3S. The van der Waals surface area contributed by atoms with Crippen LogP contribution in [0.5, 0.6) is 0 Å². The summed E-state index contributed by atoms with van der Waals surface area (Å²) in [4.78, 5) is 30.5. The Hall–Kier alpha value is -1.92. The van der Waals surface area contributed by atoms with Gasteiger partial charge in [0, 0.05) is 30.3 Å². The highest BCUT2D eigenvalue weighted by Gasteiger charge is 2.49. The SMILES string of the molecule is O=C(c1cc2ccccc2s1)N1C[C@H]2C[C@@H](C1)[C@H](CO)N1C(=O)CCC[C@@H]21. The van der Waals surface area contributed by atoms with Gasteiger partial charge in [0.05, 0.1) is 17.5 Å². The van der Waals surface area contributed by atoms with Gasteiger partial charge in [-0.15, -0.1) is 11.3 Å². The first kappa shape index (κ1) is 17.2. The van der Waals surface area contributed by atoms with E-state index in [1.165, 1.54) is 0 Å². The van der Waals surface area contributed by atoms with Gasteiger partial charge in [-0.25, -0.2) is 0 Å². The molecule has 1 aromatic heterocycles. The second-order valence-corrected chi connectivity index (χ2v) is 9.21. The number of aliphatic hydroxyl groups is 1. The van der Waals surface area contributed by atoms with Gasteiger partial charge >= 0.3 is 0 Å². The van der Waals surface area contributed by atoms with Crippen molar-refractivity contribution in [2.45, 2.75) is 37.8 Å². The maximum atomic E-state index is 13.2. The standard InChI is InChI=1S/C21H24N2O3S/c24-12-17-15-8-14(16-5-3-7-20(25)23(16)17)10-22(11-15)21(26)19-9-13-4-1-2-6-18(13)27-19/h1-2,4,6,9,14-17,24H,3,5,7-8,10-12H2/t14-,15+,16+,17+/m1/s1. The molecule has 3 aliphatic heterocycles. The number of nitrogens with zero attached hydrogens (tertiary/aromatic N) is 2. The lowest BCUT2D eigenvalue weighted by Gasteiger charge is -2.56. The molecule has 4 atom stereocenters. The predicted molar refractivity (Wildman–Crippen MR) is 105 cm³/mol. The molecule has 1 aromatic carbocycles. The number of rotatable bonds is 2. The zero-order valence-electron chi connectivity index (χ0n) is 15.2. The Balaban J connectivity index is 1.43. The third-order valence-electron chi connectivity index (χ3n) is 6.61. The smallest absolute Gasteiger partial charge is 0.263 e. The van der Waals surface area contributed by atoms with Crippen molar-refractivity contribution >= 4 is 33.2 Å². The van der Waals surface area contributed by atoms with Crippen molar-refractivity contribution in [3.63, 3.8) is 0 Å². The molecule has 2 amide bonds. The monoisotopic (exact) mass is 384 g/mol. The van der Waals surface area contributed by atoms with E-state index in [9.17, 15) is 14.7 Å². The average molecular weight is 385 g/mol. The Labute approximate surface area is 162 Å². The normalized spacial score (nSPS) is 30.5. The summed E-state index contributed by atoms with van der Waals surface area (Å²) in [5, 5.41) is 11.1. The van der Waals surface area contributed by atoms with E-state index in [0.717, 1.165) is 40.8 Å². The zero-order chi connectivity index (χ0) is 18.5. The summed E-state index contributed by atoms with van der Waals surface area (Å²) in [5.41, 5.74) is 0. The fourth-order valence-corrected chi connectivity index (χ4v) is 6.45. The molecular weight excluding hydrogens is 360 g/mol. The molecule has 3 fully saturated rings. The Kier molecular flexibility index (Phi) is 4.20. The second kappa shape index (κ2) is 6.60. The van der Waals surface area contributed by atoms with Gasteiger partial charge in [-0.2, -0.15) is 0 Å². The van der Waals surface area contributed by atoms with Crippen molar-refractivity contribution in [3.8, 4) is 0 Å². The van der Waals surface area contributed by atoms with Gasteiger partial charge in [-0.1, -0.05) is 18.2 Å². The van der Waals surface area contributed by atoms with Crippen LogP contribution in [0, 0.1) is 11.8 Å². The van der Waals surface area contributed by atoms with Crippen LogP contribution in [-0.4, -0.2) is 58.5 Å². The molecule has 5 rings (SSSR count). The predicted octanol–water partition coefficient (Wildman–Crippen LogP) is 2.74. The van der Waals surface area contributed by atoms with Gasteiger partial charge in [-0.3, -0.25) is 9.59 Å². The maximum absolute atomic E-state index is 13.2. The van der Waals surface area contributed by atoms with E-state index in [-0.39, 0.29) is 36.4 Å². The van der Waals surface area contributed by atoms with Gasteiger partial charge < -0.3 is 14.9 Å². The van der Waals surface area contributed by atoms with Crippen molar-refractivity contribution in [1.29, 1.82) is 0 Å². The topological polar surface area (TPSA) is 60.9 Å². The van der Waals surface area contributed by atoms with Gasteiger partial charge in [0.2, 0.25) is 5.91 Å². The van der Waals surface area contributed by atoms with Crippen molar-refractivity contribution < 1.29 is 14.7 Å². The molecule has 5 nitrogen and oxygen atoms in total. The maximum Gasteiger partial charge on any atom is 0.263 e. The Morgan fingerprint density at radius 1 is 1.22 bits per heavy atom. The molecule has 4 heterocycles. The summed E-state index contributed by atoms with van der Waals surface area (Å²) in [6, 6.07) is 10.1. The second-order valence-electron chi connectivity index (χ2n) is 8.12. The number of carbonyl (C=O) groups is 2. The summed E-state index contributed by atoms with van der Waals surface area (Å²) in [5.74, 6) is 0.780. The summed E-state index contributed by atoms with van der Waals surface area (Å²) in [7, 11) is 0. The fourth-order valence-electron chi connectivity index (χ4n) is 5.42. The Morgan fingerprint density at radius 3 is 2.85 bits per heavy atom. The third kappa shape index (κ3) is 2.77. The van der Waals surface area contributed by atoms with E-state index in [0.29, 0.717) is 18.9 Å². The quantitative estimate of drug-likeness (QED) is 0.866. The first-order valence-corrected chi connectivity index (χ1v) is 10.7. The minimum absolute atomic E-state index is 0.00938. The van der Waals surface area contributed by atoms with E-state index >= 15 is 0 Å². The lowest BCUT2D eigenvalue weighted by Crippen LogP contribution is -2.66. The fraction of sp³-hybridized carbons (Fsp3) is 0.524. The molecule has 0 saturated carbocycles. The number of hydrogen-bond donors (Lipinski definition) is 1. The lowest BCUT2D eigenvalue weighted by molar-refractivity contribution is -0.154. The van der Waals surface area contributed by atoms with Crippen molar-refractivity contribution in [2.24, 2.45) is 11.8 Å². The number of piperidine rings is 3. The molecule has 1 N–H and O–H groups in total. The number of likely N-dealkylation sites (tertiary alicyclic amines) is 1. The minimum atomic E-state index is -0.142. The van der Waals surface area contributed by atoms with Crippen LogP contribution < -0.4 is 0 Å². The lowest BCUT2D eigenvalue weighted by atomic mass is 9.72. The minimum Gasteiger partial charge on any atom is -0.394 e. The van der Waals surface area contributed by atoms with Crippen LogP contribution in [0.25, 0.3) is 10.1 Å². The highest BCUT2D eigenvalue weighted by molar-refractivity contribution is 7.20. The van der Waals surface area contributed by atoms with Crippen LogP contribution in [0.1, 0.15) is 35.4 Å². The first-order valence-electron chi connectivity index (χ1n) is 9.85. The number of amides is 2. The van der Waals surface area contributed by atoms with Gasteiger partial charge in [0.1, 0.15) is 0 Å². The van der Waals surface area contributed by atoms with E-state index in [1.54, 1.807) is 11.3 Å². The third-order valence-corrected chi connectivity index (χ3v) is 7.71. The van der Waals surface area contributed by atoms with Gasteiger partial charge in [-0.05, 0) is 48.6 Å². The highest BCUT2D eigenvalue weighted by Crippen LogP contribution is 2.42. The van der Waals surface area contributed by atoms with Crippen LogP contribution in [0.3, 0.4) is 0 Å². The van der Waals surface area contributed by atoms with Crippen LogP contribution in [0.4, 0.5) is 0 Å². The molecule has 0 radical (unpaired) electrons. The van der Waals surface area contributed by atoms with E-state index in [1.807, 2.05) is 34.1 Å². The molecule has 2 aromatic rings. The number of thiophene rings is 1. The molecule has 142 valence electrons. The van der Waals surface area contributed by atoms with Crippen LogP contribution in [0.2, 0.25) is 0 Å². The Morgan fingerprint density at radius 2 is 2.04 bits per heavy atom. The number of fused-ring (bicyclic) bond motifs is 5. The number of aliphatic hydroxyl groups excluding tert-OH is 1. The molecule has 0 unspecified atom stereocenters. The summed E-state index contributed by atoms with van der Waals surface area (Å²) < 4.78 is 1.13. The van der Waals surface area contributed by atoms with Crippen molar-refractivity contribution in [1.82, 2.24) is 9.80 Å². The van der Waals surface area contributed by atoms with Crippen LogP contribution in [-0.2, 0) is 4.79 Å². The first-order chi connectivity index (χ1) is 13.2. The van der Waals surface area contributed by atoms with Crippen LogP contribution >= 0.6 is 11.3 Å². The summed E-state index contributed by atoms with van der Waals surface area (Å²) in [6.45, 7) is 1.34. The average Bonchev–Trinajstić information content (AvgIpc) is 3.12. The van der Waals surface area contributed by atoms with Crippen LogP contribution in [0.15, 0.2) is 30.3 Å². The molecule has 0 aliphatic carbocycles. The highest BCUT2D eigenvalue weighted by atomic mass is 32.1. The molecule has 27 heavy (non-hydrogen) atoms. The molecule has 3 aliphatic rings. The molecule has 2 bridgehead atoms. The zero-order valence-corrected chi connectivity index (χ0v) is 16.0. The van der Waals surface area contributed by atoms with E-state index in [4.69, 9.17) is 0 Å². The number of benzene rings is 1. The Bertz CT molecular complexity index is 847. The largest absolute Gasteiger partial charge is 0.394 e. The molecule has 6 heteroatoms. The van der Waals surface area contributed by atoms with Crippen molar-refractivity contribution in [3.05, 3.63) is 35.2 Å². The van der Waals surface area contributed by atoms with E-state index < -0.39 is 0 Å². The summed E-state index contributed by atoms with van der Waals surface area (Å²) >= 11 is 1.55. The van der Waals surface area contributed by atoms with Crippen molar-refractivity contribution in [2.75, 3.05) is 19.7 Å². The molecule has 3 saturated heterocycles. The van der Waals surface area contributed by atoms with Gasteiger partial charge in [0.15, 0.2) is 0 Å². The number of hydrogen-bond acceptors (Lipinski definition) is 4. The van der Waals surface area contributed by atoms with E-state index in [2.05, 4.69) is 6.07 Å². The number of carbonyl (C=O) groups excluding carboxylic acids is 2. The van der Waals surface area contributed by atoms with Gasteiger partial charge in [0.25, 0.3) is 5.91 Å². The summed E-state index contributed by atoms with van der Waals surface area (Å²) in [6.07, 6.45) is 3.51. The molecule has 0 spiro atoms.